The number of aryl methyl sites for hydroxylation is 3. The van der Waals surface area contributed by atoms with Gasteiger partial charge < -0.3 is 5.32 Å². The molecule has 2 heterocycles. The smallest absolute Gasteiger partial charge is 0.255 e. The van der Waals surface area contributed by atoms with E-state index in [1.165, 1.54) is 16.9 Å². The van der Waals surface area contributed by atoms with Gasteiger partial charge in [-0.15, -0.1) is 10.2 Å². The molecule has 0 aliphatic carbocycles. The van der Waals surface area contributed by atoms with Crippen molar-refractivity contribution < 1.29 is 4.79 Å². The van der Waals surface area contributed by atoms with Gasteiger partial charge in [0.1, 0.15) is 5.01 Å². The number of hydrogen-bond acceptors (Lipinski definition) is 5. The zero-order valence-corrected chi connectivity index (χ0v) is 15.5. The van der Waals surface area contributed by atoms with Gasteiger partial charge in [0.2, 0.25) is 4.96 Å². The van der Waals surface area contributed by atoms with Crippen LogP contribution in [0.2, 0.25) is 0 Å². The van der Waals surface area contributed by atoms with Crippen LogP contribution in [0.4, 0.5) is 5.69 Å². The van der Waals surface area contributed by atoms with Gasteiger partial charge in [0.25, 0.3) is 5.91 Å². The fraction of sp³-hybridized carbons (Fsp3) is 0.158. The quantitative estimate of drug-likeness (QED) is 0.596. The topological polar surface area (TPSA) is 72.2 Å². The Hall–Kier alpha value is -3.06. The molecule has 2 aromatic carbocycles. The Balaban J connectivity index is 1.53. The Morgan fingerprint density at radius 3 is 2.46 bits per heavy atom. The molecule has 0 radical (unpaired) electrons. The second-order valence-electron chi connectivity index (χ2n) is 6.18. The Bertz CT molecular complexity index is 1110. The van der Waals surface area contributed by atoms with Gasteiger partial charge in [0.05, 0.1) is 0 Å². The molecule has 2 aromatic heterocycles. The number of carbonyl (C=O) groups excluding carboxylic acids is 1. The summed E-state index contributed by atoms with van der Waals surface area (Å²) in [6.45, 7) is 5.90. The summed E-state index contributed by atoms with van der Waals surface area (Å²) >= 11 is 1.48. The van der Waals surface area contributed by atoms with Crippen LogP contribution in [-0.2, 0) is 0 Å². The van der Waals surface area contributed by atoms with E-state index in [2.05, 4.69) is 20.6 Å². The summed E-state index contributed by atoms with van der Waals surface area (Å²) < 4.78 is 1.73. The van der Waals surface area contributed by atoms with Crippen molar-refractivity contribution in [1.29, 1.82) is 0 Å². The maximum atomic E-state index is 12.4. The molecule has 0 spiro atoms. The number of carbonyl (C=O) groups is 1. The van der Waals surface area contributed by atoms with Gasteiger partial charge in [-0.25, -0.2) is 0 Å². The molecule has 0 atom stereocenters. The fourth-order valence-corrected chi connectivity index (χ4v) is 3.50. The average Bonchev–Trinajstić information content (AvgIpc) is 3.20. The van der Waals surface area contributed by atoms with Crippen LogP contribution in [0.5, 0.6) is 0 Å². The molecule has 7 heteroatoms. The summed E-state index contributed by atoms with van der Waals surface area (Å²) in [5, 5.41) is 16.4. The average molecular weight is 363 g/mol. The lowest BCUT2D eigenvalue weighted by molar-refractivity contribution is 0.102. The molecule has 1 N–H and O–H groups in total. The molecule has 0 fully saturated rings. The van der Waals surface area contributed by atoms with Gasteiger partial charge in [-0.2, -0.15) is 9.61 Å². The molecule has 0 bridgehead atoms. The lowest BCUT2D eigenvalue weighted by Gasteiger charge is -2.07. The van der Waals surface area contributed by atoms with Gasteiger partial charge in [-0.3, -0.25) is 4.79 Å². The summed E-state index contributed by atoms with van der Waals surface area (Å²) in [7, 11) is 0. The second-order valence-corrected chi connectivity index (χ2v) is 7.14. The van der Waals surface area contributed by atoms with E-state index >= 15 is 0 Å². The fourth-order valence-electron chi connectivity index (χ4n) is 2.61. The van der Waals surface area contributed by atoms with Crippen molar-refractivity contribution in [2.24, 2.45) is 0 Å². The third kappa shape index (κ3) is 2.97. The lowest BCUT2D eigenvalue weighted by atomic mass is 10.1. The van der Waals surface area contributed by atoms with E-state index < -0.39 is 0 Å². The Morgan fingerprint density at radius 1 is 1.00 bits per heavy atom. The Labute approximate surface area is 154 Å². The van der Waals surface area contributed by atoms with Crippen LogP contribution in [0.3, 0.4) is 0 Å². The van der Waals surface area contributed by atoms with Crippen molar-refractivity contribution in [3.63, 3.8) is 0 Å². The van der Waals surface area contributed by atoms with Crippen molar-refractivity contribution in [3.8, 4) is 10.6 Å². The number of benzene rings is 2. The summed E-state index contributed by atoms with van der Waals surface area (Å²) in [5.41, 5.74) is 4.65. The maximum absolute atomic E-state index is 12.4. The molecule has 4 aromatic rings. The highest BCUT2D eigenvalue weighted by Crippen LogP contribution is 2.26. The first-order valence-electron chi connectivity index (χ1n) is 8.19. The van der Waals surface area contributed by atoms with Crippen LogP contribution in [0.25, 0.3) is 15.5 Å². The highest BCUT2D eigenvalue weighted by molar-refractivity contribution is 7.19. The van der Waals surface area contributed by atoms with E-state index in [1.807, 2.05) is 63.2 Å². The van der Waals surface area contributed by atoms with Crippen molar-refractivity contribution >= 4 is 27.9 Å². The maximum Gasteiger partial charge on any atom is 0.255 e. The van der Waals surface area contributed by atoms with Gasteiger partial charge in [-0.05, 0) is 68.3 Å². The molecule has 0 saturated carbocycles. The highest BCUT2D eigenvalue weighted by atomic mass is 32.1. The summed E-state index contributed by atoms with van der Waals surface area (Å²) in [6, 6.07) is 13.3. The van der Waals surface area contributed by atoms with Crippen LogP contribution in [0, 0.1) is 20.8 Å². The number of fused-ring (bicyclic) bond motifs is 1. The SMILES string of the molecule is Cc1ccc(C(=O)Nc2ccc(-c3nn4c(C)nnc4s3)cc2)cc1C. The zero-order valence-electron chi connectivity index (χ0n) is 14.6. The normalized spacial score (nSPS) is 11.0. The van der Waals surface area contributed by atoms with E-state index in [1.54, 1.807) is 4.52 Å². The number of nitrogens with zero attached hydrogens (tertiary/aromatic N) is 4. The zero-order chi connectivity index (χ0) is 18.3. The number of hydrogen-bond donors (Lipinski definition) is 1. The van der Waals surface area contributed by atoms with Crippen molar-refractivity contribution in [2.45, 2.75) is 20.8 Å². The van der Waals surface area contributed by atoms with Crippen LogP contribution >= 0.6 is 11.3 Å². The van der Waals surface area contributed by atoms with Crippen LogP contribution in [-0.4, -0.2) is 25.7 Å². The lowest BCUT2D eigenvalue weighted by Crippen LogP contribution is -2.12. The van der Waals surface area contributed by atoms with E-state index in [0.29, 0.717) is 5.56 Å². The third-order valence-electron chi connectivity index (χ3n) is 4.31. The molecule has 0 aliphatic rings. The number of nitrogens with one attached hydrogen (secondary N) is 1. The van der Waals surface area contributed by atoms with E-state index in [9.17, 15) is 4.79 Å². The highest BCUT2D eigenvalue weighted by Gasteiger charge is 2.11. The molecular formula is C19H17N5OS. The van der Waals surface area contributed by atoms with Gasteiger partial charge in [-0.1, -0.05) is 17.4 Å². The first-order chi connectivity index (χ1) is 12.5. The number of anilines is 1. The summed E-state index contributed by atoms with van der Waals surface area (Å²) in [5.74, 6) is 0.648. The Kier molecular flexibility index (Phi) is 4.00. The molecule has 26 heavy (non-hydrogen) atoms. The second kappa shape index (κ2) is 6.34. The molecule has 130 valence electrons. The molecular weight excluding hydrogens is 346 g/mol. The monoisotopic (exact) mass is 363 g/mol. The van der Waals surface area contributed by atoms with Crippen LogP contribution < -0.4 is 5.32 Å². The van der Waals surface area contributed by atoms with Crippen molar-refractivity contribution in [2.75, 3.05) is 5.32 Å². The number of rotatable bonds is 3. The van der Waals surface area contributed by atoms with Crippen LogP contribution in [0.1, 0.15) is 27.3 Å². The minimum absolute atomic E-state index is 0.115. The predicted molar refractivity (Wildman–Crippen MR) is 103 cm³/mol. The minimum Gasteiger partial charge on any atom is -0.322 e. The first kappa shape index (κ1) is 16.4. The summed E-state index contributed by atoms with van der Waals surface area (Å²) in [4.78, 5) is 13.2. The van der Waals surface area contributed by atoms with Gasteiger partial charge in [0, 0.05) is 16.8 Å². The predicted octanol–water partition coefficient (Wildman–Crippen LogP) is 4.03. The van der Waals surface area contributed by atoms with Crippen molar-refractivity contribution in [3.05, 3.63) is 65.0 Å². The molecule has 4 rings (SSSR count). The van der Waals surface area contributed by atoms with E-state index in [0.717, 1.165) is 32.6 Å². The molecule has 0 aliphatic heterocycles. The van der Waals surface area contributed by atoms with E-state index in [-0.39, 0.29) is 5.91 Å². The molecule has 0 unspecified atom stereocenters. The Morgan fingerprint density at radius 2 is 1.77 bits per heavy atom. The number of aromatic nitrogens is 4. The van der Waals surface area contributed by atoms with Crippen LogP contribution in [0.15, 0.2) is 42.5 Å². The van der Waals surface area contributed by atoms with Gasteiger partial charge in [0.15, 0.2) is 5.82 Å². The van der Waals surface area contributed by atoms with Crippen molar-refractivity contribution in [1.82, 2.24) is 19.8 Å². The minimum atomic E-state index is -0.115. The molecule has 1 amide bonds. The third-order valence-corrected chi connectivity index (χ3v) is 5.25. The number of amides is 1. The molecule has 6 nitrogen and oxygen atoms in total. The van der Waals surface area contributed by atoms with E-state index in [4.69, 9.17) is 0 Å². The standard InChI is InChI=1S/C19H17N5OS/c1-11-4-5-15(10-12(11)2)17(25)20-16-8-6-14(7-9-16)18-23-24-13(3)21-22-19(24)26-18/h4-10H,1-3H3,(H,20,25). The molecule has 0 saturated heterocycles. The summed E-state index contributed by atoms with van der Waals surface area (Å²) in [6.07, 6.45) is 0. The van der Waals surface area contributed by atoms with Gasteiger partial charge >= 0.3 is 0 Å². The largest absolute Gasteiger partial charge is 0.322 e. The first-order valence-corrected chi connectivity index (χ1v) is 9.01.